The molecular formula is C17H22ClN5O. The summed E-state index contributed by atoms with van der Waals surface area (Å²) in [5, 5.41) is 7.95. The third kappa shape index (κ3) is 4.07. The molecule has 0 aliphatic carbocycles. The third-order valence-corrected chi connectivity index (χ3v) is 4.52. The van der Waals surface area contributed by atoms with E-state index in [-0.39, 0.29) is 6.03 Å². The first-order valence-corrected chi connectivity index (χ1v) is 8.42. The Balaban J connectivity index is 1.50. The number of nitrogens with one attached hydrogen (secondary N) is 1. The van der Waals surface area contributed by atoms with Crippen molar-refractivity contribution >= 4 is 23.3 Å². The van der Waals surface area contributed by atoms with Crippen LogP contribution in [0.2, 0.25) is 5.02 Å². The topological polar surface area (TPSA) is 53.4 Å². The van der Waals surface area contributed by atoms with E-state index >= 15 is 0 Å². The van der Waals surface area contributed by atoms with Gasteiger partial charge in [0, 0.05) is 62.2 Å². The van der Waals surface area contributed by atoms with Gasteiger partial charge in [-0.25, -0.2) is 4.79 Å². The van der Waals surface area contributed by atoms with Crippen LogP contribution in [0.3, 0.4) is 0 Å². The minimum Gasteiger partial charge on any atom is -0.322 e. The molecule has 1 aliphatic heterocycles. The zero-order valence-electron chi connectivity index (χ0n) is 14.0. The Morgan fingerprint density at radius 3 is 2.46 bits per heavy atom. The van der Waals surface area contributed by atoms with Gasteiger partial charge in [-0.2, -0.15) is 5.10 Å². The number of hydrogen-bond donors (Lipinski definition) is 1. The van der Waals surface area contributed by atoms with Gasteiger partial charge in [-0.05, 0) is 31.2 Å². The summed E-state index contributed by atoms with van der Waals surface area (Å²) in [6, 6.07) is 7.09. The average Bonchev–Trinajstić information content (AvgIpc) is 2.88. The molecule has 0 radical (unpaired) electrons. The third-order valence-electron chi connectivity index (χ3n) is 4.26. The van der Waals surface area contributed by atoms with Crippen LogP contribution in [0.4, 0.5) is 10.5 Å². The van der Waals surface area contributed by atoms with Crippen molar-refractivity contribution in [3.05, 3.63) is 46.7 Å². The fourth-order valence-electron chi connectivity index (χ4n) is 2.89. The number of anilines is 1. The van der Waals surface area contributed by atoms with Gasteiger partial charge in [-0.3, -0.25) is 9.58 Å². The van der Waals surface area contributed by atoms with Gasteiger partial charge in [0.2, 0.25) is 0 Å². The van der Waals surface area contributed by atoms with Gasteiger partial charge in [-0.1, -0.05) is 11.6 Å². The van der Waals surface area contributed by atoms with Gasteiger partial charge in [0.25, 0.3) is 0 Å². The number of nitrogens with zero attached hydrogens (tertiary/aromatic N) is 4. The first kappa shape index (κ1) is 16.8. The lowest BCUT2D eigenvalue weighted by Crippen LogP contribution is -2.49. The molecule has 0 spiro atoms. The van der Waals surface area contributed by atoms with E-state index in [2.05, 4.69) is 21.5 Å². The minimum atomic E-state index is -0.0606. The number of piperazine rings is 1. The Morgan fingerprint density at radius 2 is 1.88 bits per heavy atom. The van der Waals surface area contributed by atoms with Gasteiger partial charge >= 0.3 is 6.03 Å². The van der Waals surface area contributed by atoms with Crippen molar-refractivity contribution in [1.29, 1.82) is 0 Å². The second-order valence-corrected chi connectivity index (χ2v) is 6.55. The maximum absolute atomic E-state index is 12.3. The van der Waals surface area contributed by atoms with E-state index in [9.17, 15) is 4.79 Å². The number of aromatic nitrogens is 2. The van der Waals surface area contributed by atoms with Crippen LogP contribution in [0.5, 0.6) is 0 Å². The number of urea groups is 1. The summed E-state index contributed by atoms with van der Waals surface area (Å²) in [5.74, 6) is 0. The van der Waals surface area contributed by atoms with E-state index < -0.39 is 0 Å². The lowest BCUT2D eigenvalue weighted by Gasteiger charge is -2.34. The molecule has 128 valence electrons. The monoisotopic (exact) mass is 347 g/mol. The molecule has 0 saturated carbocycles. The Hall–Kier alpha value is -2.05. The maximum Gasteiger partial charge on any atom is 0.321 e. The molecule has 1 fully saturated rings. The van der Waals surface area contributed by atoms with E-state index in [1.807, 2.05) is 35.7 Å². The van der Waals surface area contributed by atoms with Crippen LogP contribution in [0.1, 0.15) is 11.3 Å². The predicted octanol–water partition coefficient (Wildman–Crippen LogP) is 2.73. The molecule has 2 amide bonds. The summed E-state index contributed by atoms with van der Waals surface area (Å²) in [6.07, 6.45) is 2.06. The van der Waals surface area contributed by atoms with Crippen LogP contribution in [0.15, 0.2) is 30.5 Å². The fourth-order valence-corrected chi connectivity index (χ4v) is 3.02. The predicted molar refractivity (Wildman–Crippen MR) is 95.3 cm³/mol. The fraction of sp³-hybridized carbons (Fsp3) is 0.412. The van der Waals surface area contributed by atoms with Crippen LogP contribution in [-0.4, -0.2) is 51.8 Å². The molecule has 7 heteroatoms. The van der Waals surface area contributed by atoms with Crippen LogP contribution < -0.4 is 5.32 Å². The molecule has 2 aromatic rings. The molecular weight excluding hydrogens is 326 g/mol. The largest absolute Gasteiger partial charge is 0.322 e. The Kier molecular flexibility index (Phi) is 5.06. The number of halogens is 1. The lowest BCUT2D eigenvalue weighted by molar-refractivity contribution is 0.143. The summed E-state index contributed by atoms with van der Waals surface area (Å²) in [5.41, 5.74) is 3.08. The van der Waals surface area contributed by atoms with Crippen molar-refractivity contribution in [3.8, 4) is 0 Å². The van der Waals surface area contributed by atoms with E-state index in [4.69, 9.17) is 11.6 Å². The van der Waals surface area contributed by atoms with Gasteiger partial charge in [-0.15, -0.1) is 0 Å². The number of rotatable bonds is 3. The highest BCUT2D eigenvalue weighted by atomic mass is 35.5. The highest BCUT2D eigenvalue weighted by Crippen LogP contribution is 2.15. The van der Waals surface area contributed by atoms with Crippen molar-refractivity contribution < 1.29 is 4.79 Å². The zero-order chi connectivity index (χ0) is 17.1. The maximum atomic E-state index is 12.3. The summed E-state index contributed by atoms with van der Waals surface area (Å²) in [6.45, 7) is 6.08. The van der Waals surface area contributed by atoms with Crippen LogP contribution in [0, 0.1) is 6.92 Å². The number of aryl methyl sites for hydroxylation is 2. The number of benzene rings is 1. The molecule has 2 heterocycles. The molecule has 0 atom stereocenters. The number of carbonyl (C=O) groups is 1. The highest BCUT2D eigenvalue weighted by molar-refractivity contribution is 6.30. The molecule has 0 unspecified atom stereocenters. The van der Waals surface area contributed by atoms with Crippen molar-refractivity contribution in [1.82, 2.24) is 19.6 Å². The van der Waals surface area contributed by atoms with E-state index in [1.165, 1.54) is 5.56 Å². The molecule has 3 rings (SSSR count). The van der Waals surface area contributed by atoms with Crippen LogP contribution in [-0.2, 0) is 13.6 Å². The SMILES string of the molecule is Cc1nn(C)cc1CN1CCN(C(=O)Nc2ccc(Cl)cc2)CC1. The van der Waals surface area contributed by atoms with E-state index in [0.717, 1.165) is 44.1 Å². The molecule has 1 N–H and O–H groups in total. The lowest BCUT2D eigenvalue weighted by atomic mass is 10.2. The number of carbonyl (C=O) groups excluding carboxylic acids is 1. The molecule has 24 heavy (non-hydrogen) atoms. The van der Waals surface area contributed by atoms with E-state index in [1.54, 1.807) is 12.1 Å². The highest BCUT2D eigenvalue weighted by Gasteiger charge is 2.22. The molecule has 6 nitrogen and oxygen atoms in total. The Labute approximate surface area is 147 Å². The average molecular weight is 348 g/mol. The standard InChI is InChI=1S/C17H22ClN5O/c1-13-14(11-21(2)20-13)12-22-7-9-23(10-8-22)17(24)19-16-5-3-15(18)4-6-16/h3-6,11H,7-10,12H2,1-2H3,(H,19,24). The van der Waals surface area contributed by atoms with Crippen LogP contribution >= 0.6 is 11.6 Å². The number of amides is 2. The summed E-state index contributed by atoms with van der Waals surface area (Å²) in [7, 11) is 1.94. The van der Waals surface area contributed by atoms with Gasteiger partial charge < -0.3 is 10.2 Å². The van der Waals surface area contributed by atoms with Crippen LogP contribution in [0.25, 0.3) is 0 Å². The first-order chi connectivity index (χ1) is 11.5. The quantitative estimate of drug-likeness (QED) is 0.928. The summed E-state index contributed by atoms with van der Waals surface area (Å²) < 4.78 is 1.85. The van der Waals surface area contributed by atoms with Crippen molar-refractivity contribution in [2.45, 2.75) is 13.5 Å². The second-order valence-electron chi connectivity index (χ2n) is 6.11. The first-order valence-electron chi connectivity index (χ1n) is 8.04. The summed E-state index contributed by atoms with van der Waals surface area (Å²) in [4.78, 5) is 16.5. The molecule has 0 bridgehead atoms. The zero-order valence-corrected chi connectivity index (χ0v) is 14.8. The van der Waals surface area contributed by atoms with Gasteiger partial charge in [0.05, 0.1) is 5.69 Å². The van der Waals surface area contributed by atoms with Gasteiger partial charge in [0.15, 0.2) is 0 Å². The van der Waals surface area contributed by atoms with Crippen molar-refractivity contribution in [2.75, 3.05) is 31.5 Å². The van der Waals surface area contributed by atoms with E-state index in [0.29, 0.717) is 5.02 Å². The molecule has 1 aliphatic rings. The normalized spacial score (nSPS) is 15.5. The number of hydrogen-bond acceptors (Lipinski definition) is 3. The Bertz CT molecular complexity index is 704. The molecule has 1 aromatic carbocycles. The Morgan fingerprint density at radius 1 is 1.21 bits per heavy atom. The second kappa shape index (κ2) is 7.23. The molecule has 1 saturated heterocycles. The van der Waals surface area contributed by atoms with Crippen molar-refractivity contribution in [3.63, 3.8) is 0 Å². The smallest absolute Gasteiger partial charge is 0.321 e. The summed E-state index contributed by atoms with van der Waals surface area (Å²) >= 11 is 5.86. The minimum absolute atomic E-state index is 0.0606. The van der Waals surface area contributed by atoms with Crippen molar-refractivity contribution in [2.24, 2.45) is 7.05 Å². The van der Waals surface area contributed by atoms with Gasteiger partial charge in [0.1, 0.15) is 0 Å². The molecule has 1 aromatic heterocycles.